The molecule has 1 fully saturated rings. The number of alkyl halides is 3. The van der Waals surface area contributed by atoms with E-state index < -0.39 is 56.1 Å². The second-order valence-corrected chi connectivity index (χ2v) is 13.8. The van der Waals surface area contributed by atoms with Crippen LogP contribution in [0.25, 0.3) is 11.1 Å². The van der Waals surface area contributed by atoms with Crippen molar-refractivity contribution in [3.8, 4) is 17.2 Å². The molecule has 1 aliphatic rings. The first-order valence-corrected chi connectivity index (χ1v) is 16.6. The van der Waals surface area contributed by atoms with Crippen LogP contribution in [0.2, 0.25) is 0 Å². The minimum atomic E-state index is -4.83. The topological polar surface area (TPSA) is 143 Å². The van der Waals surface area contributed by atoms with Gasteiger partial charge in [0.2, 0.25) is 21.4 Å². The maximum absolute atomic E-state index is 13.8. The molecule has 14 heteroatoms. The van der Waals surface area contributed by atoms with E-state index in [1.165, 1.54) is 31.3 Å². The lowest BCUT2D eigenvalue weighted by Crippen LogP contribution is -2.54. The standard InChI is InChI=1S/C30H31F3N4O5S2/c1-35-44(41,42)26-10-7-21(8-11-26)22-5-3-4-20(16-22)18-29(39,24-12-14-37(15-13-24)43(2)40)28(38)36-25-9-6-23(19-34)27(17-25)30(31,32)33/h3-11,16-17,24,35,39-40H,12-15,18H2,1-2H3/p+1. The van der Waals surface area contributed by atoms with Crippen molar-refractivity contribution in [1.82, 2.24) is 9.03 Å². The highest BCUT2D eigenvalue weighted by molar-refractivity contribution is 7.89. The molecule has 9 nitrogen and oxygen atoms in total. The van der Waals surface area contributed by atoms with Crippen molar-refractivity contribution in [2.24, 2.45) is 5.92 Å². The molecular weight excluding hydrogens is 617 g/mol. The Morgan fingerprint density at radius 1 is 1.07 bits per heavy atom. The van der Waals surface area contributed by atoms with Gasteiger partial charge >= 0.3 is 6.18 Å². The molecule has 3 aromatic carbocycles. The van der Waals surface area contributed by atoms with Crippen LogP contribution < -0.4 is 10.0 Å². The Hall–Kier alpha value is -3.45. The number of aliphatic hydroxyl groups is 1. The van der Waals surface area contributed by atoms with E-state index in [9.17, 15) is 36.0 Å². The summed E-state index contributed by atoms with van der Waals surface area (Å²) in [6, 6.07) is 17.5. The Morgan fingerprint density at radius 2 is 1.73 bits per heavy atom. The van der Waals surface area contributed by atoms with Gasteiger partial charge in [0.15, 0.2) is 6.26 Å². The monoisotopic (exact) mass is 649 g/mol. The number of anilines is 1. The number of piperidine rings is 1. The molecule has 4 N–H and O–H groups in total. The van der Waals surface area contributed by atoms with Gasteiger partial charge in [-0.25, -0.2) is 13.1 Å². The van der Waals surface area contributed by atoms with E-state index in [4.69, 9.17) is 5.26 Å². The normalized spacial score (nSPS) is 17.0. The highest BCUT2D eigenvalue weighted by atomic mass is 32.2. The number of nitrogens with zero attached hydrogens (tertiary/aromatic N) is 2. The molecule has 3 aromatic rings. The van der Waals surface area contributed by atoms with Gasteiger partial charge in [0.25, 0.3) is 5.91 Å². The van der Waals surface area contributed by atoms with E-state index in [-0.39, 0.29) is 17.0 Å². The number of carbonyl (C=O) groups is 1. The van der Waals surface area contributed by atoms with Crippen molar-refractivity contribution in [1.29, 1.82) is 5.26 Å². The lowest BCUT2D eigenvalue weighted by atomic mass is 9.76. The van der Waals surface area contributed by atoms with Crippen LogP contribution in [0, 0.1) is 17.2 Å². The van der Waals surface area contributed by atoms with Gasteiger partial charge in [-0.1, -0.05) is 40.7 Å². The number of sulfonamides is 1. The van der Waals surface area contributed by atoms with Crippen molar-refractivity contribution < 1.29 is 36.0 Å². The Morgan fingerprint density at radius 3 is 2.30 bits per heavy atom. The summed E-state index contributed by atoms with van der Waals surface area (Å²) in [4.78, 5) is 13.8. The number of carbonyl (C=O) groups excluding carboxylic acids is 1. The molecule has 1 aliphatic heterocycles. The second-order valence-electron chi connectivity index (χ2n) is 10.5. The molecule has 0 aliphatic carbocycles. The van der Waals surface area contributed by atoms with Crippen LogP contribution in [0.15, 0.2) is 71.6 Å². The summed E-state index contributed by atoms with van der Waals surface area (Å²) in [5.41, 5.74) is -2.08. The number of hydrogen-bond donors (Lipinski definition) is 4. The van der Waals surface area contributed by atoms with Crippen LogP contribution in [-0.4, -0.2) is 60.3 Å². The van der Waals surface area contributed by atoms with Gasteiger partial charge in [0.05, 0.1) is 22.1 Å². The number of hydrogen-bond acceptors (Lipinski definition) is 7. The molecule has 0 radical (unpaired) electrons. The van der Waals surface area contributed by atoms with Gasteiger partial charge < -0.3 is 10.4 Å². The van der Waals surface area contributed by atoms with Crippen molar-refractivity contribution in [3.63, 3.8) is 0 Å². The number of nitriles is 1. The van der Waals surface area contributed by atoms with Gasteiger partial charge in [0, 0.05) is 25.2 Å². The van der Waals surface area contributed by atoms with Gasteiger partial charge in [-0.15, -0.1) is 0 Å². The maximum Gasteiger partial charge on any atom is 0.417 e. The van der Waals surface area contributed by atoms with Gasteiger partial charge in [-0.05, 0) is 72.8 Å². The average Bonchev–Trinajstić information content (AvgIpc) is 3.00. The summed E-state index contributed by atoms with van der Waals surface area (Å²) < 4.78 is 79.0. The van der Waals surface area contributed by atoms with Crippen LogP contribution in [0.1, 0.15) is 29.5 Å². The SMILES string of the molecule is CNS(=O)(=O)c1ccc(-c2cccc(CC(O)(C(=O)Nc3ccc(C#N)c(C(F)(F)F)c3)C3CCN([S+](C)O)CC3)c2)cc1. The molecule has 0 bridgehead atoms. The highest BCUT2D eigenvalue weighted by Crippen LogP contribution is 2.36. The Kier molecular flexibility index (Phi) is 10.1. The summed E-state index contributed by atoms with van der Waals surface area (Å²) >= 11 is -0.994. The molecule has 4 rings (SSSR count). The smallest absolute Gasteiger partial charge is 0.379 e. The fourth-order valence-corrected chi connectivity index (χ4v) is 6.79. The molecule has 1 heterocycles. The predicted molar refractivity (Wildman–Crippen MR) is 162 cm³/mol. The average molecular weight is 650 g/mol. The lowest BCUT2D eigenvalue weighted by molar-refractivity contribution is -0.142. The Balaban J connectivity index is 1.66. The fraction of sp³-hybridized carbons (Fsp3) is 0.333. The molecule has 0 spiro atoms. The van der Waals surface area contributed by atoms with Gasteiger partial charge in [0.1, 0.15) is 5.60 Å². The van der Waals surface area contributed by atoms with Crippen molar-refractivity contribution in [2.75, 3.05) is 31.7 Å². The van der Waals surface area contributed by atoms with Crippen LogP contribution in [0.3, 0.4) is 0 Å². The first kappa shape index (κ1) is 33.4. The van der Waals surface area contributed by atoms with Crippen molar-refractivity contribution in [2.45, 2.75) is 35.9 Å². The van der Waals surface area contributed by atoms with E-state index in [2.05, 4.69) is 10.0 Å². The zero-order valence-corrected chi connectivity index (χ0v) is 25.6. The fourth-order valence-electron chi connectivity index (χ4n) is 5.32. The molecule has 2 unspecified atom stereocenters. The van der Waals surface area contributed by atoms with Gasteiger partial charge in [-0.3, -0.25) is 4.79 Å². The minimum Gasteiger partial charge on any atom is -0.379 e. The lowest BCUT2D eigenvalue weighted by Gasteiger charge is -2.38. The molecular formula is C30H32F3N4O5S2+. The number of amides is 1. The predicted octanol–water partition coefficient (Wildman–Crippen LogP) is 4.41. The summed E-state index contributed by atoms with van der Waals surface area (Å²) in [5, 5.41) is 23.6. The van der Waals surface area contributed by atoms with Crippen molar-refractivity contribution >= 4 is 33.0 Å². The van der Waals surface area contributed by atoms with E-state index in [1.54, 1.807) is 42.7 Å². The molecule has 1 amide bonds. The molecule has 2 atom stereocenters. The maximum atomic E-state index is 13.8. The van der Waals surface area contributed by atoms with Gasteiger partial charge in [-0.2, -0.15) is 23.0 Å². The Labute approximate surface area is 257 Å². The minimum absolute atomic E-state index is 0.0894. The number of rotatable bonds is 9. The zero-order chi connectivity index (χ0) is 32.3. The Bertz CT molecular complexity index is 1650. The first-order chi connectivity index (χ1) is 20.7. The third-order valence-electron chi connectivity index (χ3n) is 7.77. The highest BCUT2D eigenvalue weighted by Gasteiger charge is 2.47. The number of halogens is 3. The summed E-state index contributed by atoms with van der Waals surface area (Å²) in [6.07, 6.45) is -2.64. The number of nitrogens with one attached hydrogen (secondary N) is 2. The summed E-state index contributed by atoms with van der Waals surface area (Å²) in [7, 11) is -2.31. The van der Waals surface area contributed by atoms with E-state index in [0.717, 1.165) is 6.07 Å². The number of benzene rings is 3. The van der Waals surface area contributed by atoms with Crippen LogP contribution in [0.4, 0.5) is 18.9 Å². The first-order valence-electron chi connectivity index (χ1n) is 13.6. The second kappa shape index (κ2) is 13.3. The molecule has 44 heavy (non-hydrogen) atoms. The summed E-state index contributed by atoms with van der Waals surface area (Å²) in [5.74, 6) is -1.47. The van der Waals surface area contributed by atoms with Crippen LogP contribution in [-0.2, 0) is 38.8 Å². The van der Waals surface area contributed by atoms with Crippen molar-refractivity contribution in [3.05, 3.63) is 83.4 Å². The largest absolute Gasteiger partial charge is 0.417 e. The molecule has 1 saturated heterocycles. The van der Waals surface area contributed by atoms with Crippen LogP contribution >= 0.6 is 0 Å². The third-order valence-corrected chi connectivity index (χ3v) is 10.3. The molecule has 0 aromatic heterocycles. The molecule has 234 valence electrons. The van der Waals surface area contributed by atoms with Crippen LogP contribution in [0.5, 0.6) is 0 Å². The van der Waals surface area contributed by atoms with E-state index in [0.29, 0.717) is 48.7 Å². The third kappa shape index (κ3) is 7.43. The molecule has 0 saturated carbocycles. The zero-order valence-electron chi connectivity index (χ0n) is 23.9. The quantitative estimate of drug-likeness (QED) is 0.252. The van der Waals surface area contributed by atoms with E-state index >= 15 is 0 Å². The summed E-state index contributed by atoms with van der Waals surface area (Å²) in [6.45, 7) is 0.820. The van der Waals surface area contributed by atoms with E-state index in [1.807, 2.05) is 4.31 Å².